The summed E-state index contributed by atoms with van der Waals surface area (Å²) >= 11 is 0. The van der Waals surface area contributed by atoms with Crippen LogP contribution in [0.1, 0.15) is 34.9 Å². The molecule has 0 aliphatic carbocycles. The molecule has 1 saturated heterocycles. The van der Waals surface area contributed by atoms with Gasteiger partial charge >= 0.3 is 0 Å². The summed E-state index contributed by atoms with van der Waals surface area (Å²) in [7, 11) is 5.33. The third-order valence-electron chi connectivity index (χ3n) is 4.92. The summed E-state index contributed by atoms with van der Waals surface area (Å²) in [5, 5.41) is 7.20. The highest BCUT2D eigenvalue weighted by Gasteiger charge is 2.24. The monoisotopic (exact) mass is 435 g/mol. The van der Waals surface area contributed by atoms with E-state index in [4.69, 9.17) is 25.4 Å². The van der Waals surface area contributed by atoms with Crippen LogP contribution in [-0.2, 0) is 4.79 Å². The first-order valence-corrected chi connectivity index (χ1v) is 10.0. The van der Waals surface area contributed by atoms with Crippen LogP contribution in [0.4, 0.5) is 0 Å². The highest BCUT2D eigenvalue weighted by atomic mass is 16.5. The van der Waals surface area contributed by atoms with Gasteiger partial charge in [-0.25, -0.2) is 4.99 Å². The van der Waals surface area contributed by atoms with E-state index in [2.05, 4.69) is 40.3 Å². The van der Waals surface area contributed by atoms with Crippen LogP contribution in [0, 0.1) is 17.3 Å². The molecule has 1 fully saturated rings. The number of rotatable bonds is 6. The summed E-state index contributed by atoms with van der Waals surface area (Å²) in [6.45, 7) is 5.16. The lowest BCUT2D eigenvalue weighted by molar-refractivity contribution is -0.104. The maximum atomic E-state index is 9.06. The molecule has 1 aliphatic heterocycles. The van der Waals surface area contributed by atoms with Crippen molar-refractivity contribution in [2.45, 2.75) is 12.3 Å². The van der Waals surface area contributed by atoms with Crippen LogP contribution in [0.25, 0.3) is 0 Å². The van der Waals surface area contributed by atoms with Crippen LogP contribution in [-0.4, -0.2) is 62.7 Å². The summed E-state index contributed by atoms with van der Waals surface area (Å²) < 4.78 is 10.6. The molecule has 1 aliphatic rings. The smallest absolute Gasteiger partial charge is 0.150 e. The first kappa shape index (κ1) is 24.4. The Hall–Kier alpha value is -3.83. The SMILES string of the molecule is C=CC=O.COc1cc(C#Cc2cc(C3CCN(C)C3)[nH]c2C(N)=NC=N)cc(OC)c1. The van der Waals surface area contributed by atoms with Crippen molar-refractivity contribution >= 4 is 18.5 Å². The number of benzene rings is 1. The second kappa shape index (κ2) is 12.1. The largest absolute Gasteiger partial charge is 0.497 e. The number of aldehydes is 1. The lowest BCUT2D eigenvalue weighted by Gasteiger charge is -2.08. The summed E-state index contributed by atoms with van der Waals surface area (Å²) in [6, 6.07) is 7.54. The molecule has 0 radical (unpaired) electrons. The number of ether oxygens (including phenoxy) is 2. The standard InChI is InChI=1S/C21H25N5O2.C3H4O/c1-26-7-6-16(12-26)19-10-15(20(25-19)21(23)24-13-22)5-4-14-8-17(27-2)11-18(9-14)28-3;1-2-3-4/h8-11,13,16,25H,6-7,12H2,1-3H3,(H3,22,23,24);2-3H,1H2. The third-order valence-corrected chi connectivity index (χ3v) is 4.92. The van der Waals surface area contributed by atoms with Gasteiger partial charge in [0.1, 0.15) is 30.0 Å². The minimum atomic E-state index is 0.250. The predicted octanol–water partition coefficient (Wildman–Crippen LogP) is 2.53. The number of aromatic nitrogens is 1. The van der Waals surface area contributed by atoms with Crippen molar-refractivity contribution in [3.8, 4) is 23.3 Å². The van der Waals surface area contributed by atoms with E-state index in [1.807, 2.05) is 18.2 Å². The molecule has 0 bridgehead atoms. The topological polar surface area (TPSA) is 117 Å². The van der Waals surface area contributed by atoms with Gasteiger partial charge in [-0.3, -0.25) is 10.2 Å². The number of carbonyl (C=O) groups is 1. The number of likely N-dealkylation sites (N-methyl/N-ethyl adjacent to an activating group) is 1. The number of aromatic amines is 1. The fraction of sp³-hybridized carbons (Fsp3) is 0.292. The fourth-order valence-corrected chi connectivity index (χ4v) is 3.34. The van der Waals surface area contributed by atoms with E-state index in [9.17, 15) is 0 Å². The van der Waals surface area contributed by atoms with Crippen LogP contribution >= 0.6 is 0 Å². The average molecular weight is 436 g/mol. The number of methoxy groups -OCH3 is 2. The van der Waals surface area contributed by atoms with Gasteiger partial charge in [-0.05, 0) is 44.3 Å². The van der Waals surface area contributed by atoms with Crippen molar-refractivity contribution < 1.29 is 14.3 Å². The van der Waals surface area contributed by atoms with Crippen LogP contribution in [0.2, 0.25) is 0 Å². The minimum absolute atomic E-state index is 0.250. The molecule has 1 unspecified atom stereocenters. The van der Waals surface area contributed by atoms with Gasteiger partial charge < -0.3 is 25.1 Å². The zero-order valence-electron chi connectivity index (χ0n) is 18.6. The molecule has 2 aromatic rings. The van der Waals surface area contributed by atoms with Crippen molar-refractivity contribution in [2.24, 2.45) is 10.7 Å². The number of allylic oxidation sites excluding steroid dienone is 1. The lowest BCUT2D eigenvalue weighted by atomic mass is 10.0. The Labute approximate surface area is 188 Å². The number of hydrogen-bond donors (Lipinski definition) is 3. The van der Waals surface area contributed by atoms with Gasteiger partial charge in [0.2, 0.25) is 0 Å². The van der Waals surface area contributed by atoms with Gasteiger partial charge in [-0.2, -0.15) is 0 Å². The fourth-order valence-electron chi connectivity index (χ4n) is 3.34. The van der Waals surface area contributed by atoms with Crippen LogP contribution in [0.3, 0.4) is 0 Å². The normalized spacial score (nSPS) is 15.6. The highest BCUT2D eigenvalue weighted by molar-refractivity contribution is 6.01. The molecule has 168 valence electrons. The van der Waals surface area contributed by atoms with E-state index in [0.717, 1.165) is 42.7 Å². The van der Waals surface area contributed by atoms with Gasteiger partial charge in [0.05, 0.1) is 25.5 Å². The Bertz CT molecular complexity index is 1020. The predicted molar refractivity (Wildman–Crippen MR) is 127 cm³/mol. The van der Waals surface area contributed by atoms with Gasteiger partial charge in [0, 0.05) is 29.8 Å². The number of likely N-dealkylation sites (tertiary alicyclic amines) is 1. The van der Waals surface area contributed by atoms with Crippen molar-refractivity contribution in [1.29, 1.82) is 5.41 Å². The molecule has 0 spiro atoms. The number of amidine groups is 1. The molecule has 2 heterocycles. The number of hydrogen-bond acceptors (Lipinski definition) is 5. The number of carbonyl (C=O) groups excluding carboxylic acids is 1. The number of nitrogens with zero attached hydrogens (tertiary/aromatic N) is 2. The van der Waals surface area contributed by atoms with E-state index in [1.54, 1.807) is 20.3 Å². The van der Waals surface area contributed by atoms with E-state index >= 15 is 0 Å². The van der Waals surface area contributed by atoms with Gasteiger partial charge in [0.15, 0.2) is 0 Å². The molecule has 1 atom stereocenters. The summed E-state index contributed by atoms with van der Waals surface area (Å²) in [5.41, 5.74) is 9.33. The van der Waals surface area contributed by atoms with Crippen molar-refractivity contribution in [2.75, 3.05) is 34.4 Å². The lowest BCUT2D eigenvalue weighted by Crippen LogP contribution is -2.16. The number of aliphatic imine (C=N–C) groups is 1. The Morgan fingerprint density at radius 3 is 2.44 bits per heavy atom. The summed E-state index contributed by atoms with van der Waals surface area (Å²) in [4.78, 5) is 18.6. The number of nitrogens with one attached hydrogen (secondary N) is 2. The Morgan fingerprint density at radius 2 is 1.94 bits per heavy atom. The molecule has 32 heavy (non-hydrogen) atoms. The zero-order valence-corrected chi connectivity index (χ0v) is 18.6. The van der Waals surface area contributed by atoms with Crippen molar-refractivity contribution in [3.63, 3.8) is 0 Å². The molecule has 0 amide bonds. The molecule has 4 N–H and O–H groups in total. The van der Waals surface area contributed by atoms with E-state index in [1.165, 1.54) is 6.08 Å². The molecule has 3 rings (SSSR count). The molecular formula is C24H29N5O3. The molecule has 1 aromatic carbocycles. The van der Waals surface area contributed by atoms with Crippen LogP contribution < -0.4 is 15.2 Å². The molecule has 8 heteroatoms. The first-order valence-electron chi connectivity index (χ1n) is 10.0. The average Bonchev–Trinajstić information content (AvgIpc) is 3.44. The van der Waals surface area contributed by atoms with Gasteiger partial charge in [-0.1, -0.05) is 18.4 Å². The van der Waals surface area contributed by atoms with E-state index in [-0.39, 0.29) is 5.84 Å². The first-order chi connectivity index (χ1) is 15.4. The summed E-state index contributed by atoms with van der Waals surface area (Å²) in [5.74, 6) is 8.35. The molecule has 1 aromatic heterocycles. The third kappa shape index (κ3) is 6.59. The highest BCUT2D eigenvalue weighted by Crippen LogP contribution is 2.27. The maximum absolute atomic E-state index is 9.06. The molecule has 0 saturated carbocycles. The molecular weight excluding hydrogens is 406 g/mol. The second-order valence-electron chi connectivity index (χ2n) is 7.13. The van der Waals surface area contributed by atoms with Crippen molar-refractivity contribution in [1.82, 2.24) is 9.88 Å². The van der Waals surface area contributed by atoms with Crippen LogP contribution in [0.5, 0.6) is 11.5 Å². The molecule has 8 nitrogen and oxygen atoms in total. The van der Waals surface area contributed by atoms with Gasteiger partial charge in [0.25, 0.3) is 0 Å². The Balaban J connectivity index is 0.000000837. The van der Waals surface area contributed by atoms with Gasteiger partial charge in [-0.15, -0.1) is 0 Å². The second-order valence-corrected chi connectivity index (χ2v) is 7.13. The Morgan fingerprint density at radius 1 is 1.28 bits per heavy atom. The van der Waals surface area contributed by atoms with E-state index < -0.39 is 0 Å². The zero-order chi connectivity index (χ0) is 23.5. The van der Waals surface area contributed by atoms with E-state index in [0.29, 0.717) is 29.4 Å². The van der Waals surface area contributed by atoms with Crippen LogP contribution in [0.15, 0.2) is 41.9 Å². The Kier molecular flexibility index (Phi) is 9.26. The minimum Gasteiger partial charge on any atom is -0.497 e. The maximum Gasteiger partial charge on any atom is 0.150 e. The summed E-state index contributed by atoms with van der Waals surface area (Å²) in [6.07, 6.45) is 3.85. The number of nitrogens with two attached hydrogens (primary N) is 1. The number of H-pyrrole nitrogens is 1. The van der Waals surface area contributed by atoms with Crippen molar-refractivity contribution in [3.05, 3.63) is 59.4 Å². The quantitative estimate of drug-likeness (QED) is 0.212.